The van der Waals surface area contributed by atoms with Crippen LogP contribution >= 0.6 is 0 Å². The Bertz CT molecular complexity index is 1560. The molecule has 5 rings (SSSR count). The maximum absolute atomic E-state index is 12.7. The summed E-state index contributed by atoms with van der Waals surface area (Å²) in [4.78, 5) is 29.3. The minimum atomic E-state index is -0.375. The molecule has 0 saturated heterocycles. The molecule has 0 spiro atoms. The van der Waals surface area contributed by atoms with Gasteiger partial charge in [-0.05, 0) is 41.0 Å². The van der Waals surface area contributed by atoms with Gasteiger partial charge >= 0.3 is 0 Å². The fourth-order valence-corrected chi connectivity index (χ4v) is 3.69. The molecule has 36 heavy (non-hydrogen) atoms. The summed E-state index contributed by atoms with van der Waals surface area (Å²) in [5.41, 5.74) is 5.44. The molecule has 9 nitrogen and oxygen atoms in total. The van der Waals surface area contributed by atoms with Gasteiger partial charge < -0.3 is 9.30 Å². The Hall–Kier alpha value is -5.05. The fourth-order valence-electron chi connectivity index (χ4n) is 3.69. The van der Waals surface area contributed by atoms with Crippen LogP contribution < -0.4 is 15.7 Å². The van der Waals surface area contributed by atoms with Gasteiger partial charge in [0.1, 0.15) is 25.2 Å². The van der Waals surface area contributed by atoms with Gasteiger partial charge in [0.2, 0.25) is 5.78 Å². The van der Waals surface area contributed by atoms with Gasteiger partial charge in [0.05, 0.1) is 11.9 Å². The average Bonchev–Trinajstić information content (AvgIpc) is 3.42. The summed E-state index contributed by atoms with van der Waals surface area (Å²) in [6.45, 7) is 0.385. The first-order valence-corrected chi connectivity index (χ1v) is 11.2. The average molecular weight is 479 g/mol. The zero-order valence-electron chi connectivity index (χ0n) is 19.2. The van der Waals surface area contributed by atoms with Crippen molar-refractivity contribution in [3.63, 3.8) is 0 Å². The van der Waals surface area contributed by atoms with E-state index in [9.17, 15) is 9.59 Å². The molecule has 0 unspecified atom stereocenters. The van der Waals surface area contributed by atoms with Crippen LogP contribution in [-0.2, 0) is 17.9 Å². The first kappa shape index (κ1) is 22.7. The van der Waals surface area contributed by atoms with Crippen molar-refractivity contribution in [2.24, 2.45) is 5.10 Å². The van der Waals surface area contributed by atoms with Crippen LogP contribution in [0.2, 0.25) is 0 Å². The van der Waals surface area contributed by atoms with E-state index in [2.05, 4.69) is 20.6 Å². The van der Waals surface area contributed by atoms with Gasteiger partial charge in [0.25, 0.3) is 11.5 Å². The summed E-state index contributed by atoms with van der Waals surface area (Å²) in [7, 11) is 0. The lowest BCUT2D eigenvalue weighted by Gasteiger charge is -2.13. The lowest BCUT2D eigenvalue weighted by atomic mass is 10.1. The molecule has 0 bridgehead atoms. The SMILES string of the molecule is O=C(Cn1c(-c2ccccc2)cc(=O)n2ncnc12)N/N=C\c1ccc(OCc2ccccc2)cc1. The van der Waals surface area contributed by atoms with E-state index < -0.39 is 0 Å². The zero-order chi connectivity index (χ0) is 24.7. The van der Waals surface area contributed by atoms with Gasteiger partial charge in [0, 0.05) is 6.07 Å². The summed E-state index contributed by atoms with van der Waals surface area (Å²) in [5.74, 6) is 0.635. The molecule has 2 heterocycles. The Labute approximate surface area is 206 Å². The molecule has 0 aliphatic carbocycles. The predicted molar refractivity (Wildman–Crippen MR) is 136 cm³/mol. The summed E-state index contributed by atoms with van der Waals surface area (Å²) in [6.07, 6.45) is 2.83. The van der Waals surface area contributed by atoms with Crippen LogP contribution in [0.25, 0.3) is 17.0 Å². The highest BCUT2D eigenvalue weighted by atomic mass is 16.5. The molecule has 0 fully saturated rings. The predicted octanol–water partition coefficient (Wildman–Crippen LogP) is 3.29. The molecule has 9 heteroatoms. The molecule has 3 aromatic carbocycles. The third-order valence-corrected chi connectivity index (χ3v) is 5.43. The van der Waals surface area contributed by atoms with Crippen LogP contribution in [0.5, 0.6) is 5.75 Å². The van der Waals surface area contributed by atoms with E-state index >= 15 is 0 Å². The summed E-state index contributed by atoms with van der Waals surface area (Å²) in [5, 5.41) is 8.03. The van der Waals surface area contributed by atoms with Crippen LogP contribution in [-0.4, -0.2) is 31.3 Å². The number of ether oxygens (including phenoxy) is 1. The molecule has 178 valence electrons. The quantitative estimate of drug-likeness (QED) is 0.272. The van der Waals surface area contributed by atoms with E-state index in [0.29, 0.717) is 12.3 Å². The molecule has 1 amide bonds. The van der Waals surface area contributed by atoms with Gasteiger partial charge in [-0.2, -0.15) is 19.7 Å². The first-order valence-electron chi connectivity index (χ1n) is 11.2. The number of carbonyl (C=O) groups is 1. The Morgan fingerprint density at radius 3 is 2.44 bits per heavy atom. The van der Waals surface area contributed by atoms with Crippen molar-refractivity contribution >= 4 is 17.9 Å². The second-order valence-corrected chi connectivity index (χ2v) is 7.93. The lowest BCUT2D eigenvalue weighted by Crippen LogP contribution is -2.27. The van der Waals surface area contributed by atoms with Crippen LogP contribution in [0.15, 0.2) is 107 Å². The van der Waals surface area contributed by atoms with Gasteiger partial charge in [-0.1, -0.05) is 60.7 Å². The number of benzene rings is 3. The summed E-state index contributed by atoms with van der Waals surface area (Å²) < 4.78 is 8.58. The van der Waals surface area contributed by atoms with Crippen LogP contribution in [0.3, 0.4) is 0 Å². The smallest absolute Gasteiger partial charge is 0.276 e. The van der Waals surface area contributed by atoms with Crippen molar-refractivity contribution in [2.75, 3.05) is 0 Å². The molecular weight excluding hydrogens is 456 g/mol. The Balaban J connectivity index is 1.25. The molecule has 0 saturated carbocycles. The number of hydrogen-bond acceptors (Lipinski definition) is 6. The first-order chi connectivity index (χ1) is 17.7. The highest BCUT2D eigenvalue weighted by molar-refractivity contribution is 5.83. The minimum absolute atomic E-state index is 0.101. The van der Waals surface area contributed by atoms with Crippen LogP contribution in [0.1, 0.15) is 11.1 Å². The maximum atomic E-state index is 12.7. The monoisotopic (exact) mass is 478 g/mol. The number of hydrogen-bond donors (Lipinski definition) is 1. The lowest BCUT2D eigenvalue weighted by molar-refractivity contribution is -0.121. The largest absolute Gasteiger partial charge is 0.489 e. The number of nitrogens with zero attached hydrogens (tertiary/aromatic N) is 5. The zero-order valence-corrected chi connectivity index (χ0v) is 19.2. The molecule has 5 aromatic rings. The number of amides is 1. The number of aromatic nitrogens is 4. The molecule has 1 N–H and O–H groups in total. The number of fused-ring (bicyclic) bond motifs is 1. The molecule has 0 atom stereocenters. The second kappa shape index (κ2) is 10.5. The maximum Gasteiger partial charge on any atom is 0.276 e. The number of carbonyl (C=O) groups excluding carboxylic acids is 1. The highest BCUT2D eigenvalue weighted by Gasteiger charge is 2.15. The fraction of sp³-hybridized carbons (Fsp3) is 0.0741. The Kier molecular flexibility index (Phi) is 6.61. The van der Waals surface area contributed by atoms with Crippen molar-refractivity contribution in [3.05, 3.63) is 119 Å². The number of rotatable bonds is 8. The third kappa shape index (κ3) is 5.20. The molecular formula is C27H22N6O3. The van der Waals surface area contributed by atoms with Gasteiger partial charge in [0.15, 0.2) is 0 Å². The van der Waals surface area contributed by atoms with Gasteiger partial charge in [-0.3, -0.25) is 9.59 Å². The molecule has 0 radical (unpaired) electrons. The van der Waals surface area contributed by atoms with Crippen molar-refractivity contribution in [2.45, 2.75) is 13.2 Å². The van der Waals surface area contributed by atoms with E-state index in [1.165, 1.54) is 12.4 Å². The number of nitrogens with one attached hydrogen (secondary N) is 1. The van der Waals surface area contributed by atoms with E-state index in [1.54, 1.807) is 10.8 Å². The van der Waals surface area contributed by atoms with Crippen molar-refractivity contribution < 1.29 is 9.53 Å². The minimum Gasteiger partial charge on any atom is -0.489 e. The summed E-state index contributed by atoms with van der Waals surface area (Å²) in [6, 6.07) is 28.1. The van der Waals surface area contributed by atoms with E-state index in [-0.39, 0.29) is 23.8 Å². The summed E-state index contributed by atoms with van der Waals surface area (Å²) >= 11 is 0. The number of hydrazone groups is 1. The molecule has 2 aromatic heterocycles. The molecule has 0 aliphatic heterocycles. The van der Waals surface area contributed by atoms with Crippen LogP contribution in [0, 0.1) is 0 Å². The van der Waals surface area contributed by atoms with Crippen LogP contribution in [0.4, 0.5) is 0 Å². The molecule has 0 aliphatic rings. The Morgan fingerprint density at radius 2 is 1.69 bits per heavy atom. The van der Waals surface area contributed by atoms with Gasteiger partial charge in [-0.25, -0.2) is 5.43 Å². The Morgan fingerprint density at radius 1 is 0.972 bits per heavy atom. The topological polar surface area (TPSA) is 103 Å². The standard InChI is InChI=1S/C27H22N6O3/c34-25(31-29-16-20-11-13-23(14-12-20)36-18-21-7-3-1-4-8-21)17-32-24(22-9-5-2-6-10-22)15-26(35)33-27(32)28-19-30-33/h1-16,19H,17-18H2,(H,31,34)/b29-16-. The normalized spacial score (nSPS) is 11.1. The van der Waals surface area contributed by atoms with E-state index in [1.807, 2.05) is 84.9 Å². The van der Waals surface area contributed by atoms with Crippen molar-refractivity contribution in [3.8, 4) is 17.0 Å². The van der Waals surface area contributed by atoms with Crippen molar-refractivity contribution in [1.29, 1.82) is 0 Å². The van der Waals surface area contributed by atoms with Gasteiger partial charge in [-0.15, -0.1) is 0 Å². The second-order valence-electron chi connectivity index (χ2n) is 7.93. The van der Waals surface area contributed by atoms with E-state index in [0.717, 1.165) is 27.0 Å². The third-order valence-electron chi connectivity index (χ3n) is 5.43. The van der Waals surface area contributed by atoms with E-state index in [4.69, 9.17) is 4.74 Å². The highest BCUT2D eigenvalue weighted by Crippen LogP contribution is 2.19. The van der Waals surface area contributed by atoms with Crippen molar-refractivity contribution in [1.82, 2.24) is 24.6 Å².